The van der Waals surface area contributed by atoms with Gasteiger partial charge in [-0.3, -0.25) is 5.43 Å². The Morgan fingerprint density at radius 3 is 2.74 bits per heavy atom. The molecule has 5 heteroatoms. The first-order valence-electron chi connectivity index (χ1n) is 6.76. The minimum absolute atomic E-state index is 0.389. The van der Waals surface area contributed by atoms with E-state index in [0.29, 0.717) is 12.0 Å². The van der Waals surface area contributed by atoms with Gasteiger partial charge in [0.05, 0.1) is 6.04 Å². The zero-order valence-electron chi connectivity index (χ0n) is 11.2. The van der Waals surface area contributed by atoms with Crippen LogP contribution in [-0.4, -0.2) is 12.0 Å². The number of benzene rings is 1. The van der Waals surface area contributed by atoms with E-state index in [4.69, 9.17) is 5.84 Å². The van der Waals surface area contributed by atoms with Gasteiger partial charge in [-0.05, 0) is 37.5 Å². The first-order chi connectivity index (χ1) is 9.19. The summed E-state index contributed by atoms with van der Waals surface area (Å²) in [5, 5.41) is 3.27. The smallest absolute Gasteiger partial charge is 0.210 e. The van der Waals surface area contributed by atoms with E-state index in [1.54, 1.807) is 0 Å². The lowest BCUT2D eigenvalue weighted by Crippen LogP contribution is -2.37. The maximum atomic E-state index is 5.57. The van der Waals surface area contributed by atoms with Gasteiger partial charge in [0.25, 0.3) is 0 Å². The van der Waals surface area contributed by atoms with Crippen molar-refractivity contribution in [3.05, 3.63) is 28.2 Å². The van der Waals surface area contributed by atoms with Crippen LogP contribution in [0.25, 0.3) is 0 Å². The van der Waals surface area contributed by atoms with Crippen molar-refractivity contribution in [3.63, 3.8) is 0 Å². The van der Waals surface area contributed by atoms with Crippen molar-refractivity contribution in [2.75, 3.05) is 5.32 Å². The molecule has 1 saturated carbocycles. The zero-order chi connectivity index (χ0) is 13.7. The van der Waals surface area contributed by atoms with Crippen LogP contribution in [0.5, 0.6) is 0 Å². The molecule has 0 spiro atoms. The van der Waals surface area contributed by atoms with Crippen LogP contribution in [-0.2, 0) is 0 Å². The predicted octanol–water partition coefficient (Wildman–Crippen LogP) is 3.32. The molecular formula is C14H21BrN4. The van der Waals surface area contributed by atoms with Gasteiger partial charge in [0, 0.05) is 10.2 Å². The van der Waals surface area contributed by atoms with Crippen molar-refractivity contribution >= 4 is 27.6 Å². The van der Waals surface area contributed by atoms with Crippen molar-refractivity contribution in [1.82, 2.24) is 5.43 Å². The number of anilines is 1. The number of hydrogen-bond donors (Lipinski definition) is 3. The van der Waals surface area contributed by atoms with Crippen molar-refractivity contribution < 1.29 is 0 Å². The highest BCUT2D eigenvalue weighted by Crippen LogP contribution is 2.22. The zero-order valence-corrected chi connectivity index (χ0v) is 12.8. The molecule has 1 fully saturated rings. The monoisotopic (exact) mass is 324 g/mol. The number of nitrogens with two attached hydrogens (primary N) is 1. The molecule has 2 rings (SSSR count). The van der Waals surface area contributed by atoms with Gasteiger partial charge in [0.1, 0.15) is 0 Å². The Hall–Kier alpha value is -1.07. The number of guanidine groups is 1. The summed E-state index contributed by atoms with van der Waals surface area (Å²) in [5.74, 6) is 6.22. The average Bonchev–Trinajstić information content (AvgIpc) is 2.43. The molecule has 0 bridgehead atoms. The number of nitrogens with zero attached hydrogens (tertiary/aromatic N) is 1. The maximum absolute atomic E-state index is 5.57. The van der Waals surface area contributed by atoms with Gasteiger partial charge in [0.15, 0.2) is 0 Å². The van der Waals surface area contributed by atoms with E-state index in [2.05, 4.69) is 44.7 Å². The SMILES string of the molecule is Cc1ccc(Br)cc1NC(=NC1CCCCC1)NN. The molecule has 0 unspecified atom stereocenters. The molecule has 1 aromatic rings. The number of nitrogens with one attached hydrogen (secondary N) is 2. The number of aryl methyl sites for hydroxylation is 1. The van der Waals surface area contributed by atoms with Gasteiger partial charge in [-0.2, -0.15) is 0 Å². The molecule has 0 aliphatic heterocycles. The van der Waals surface area contributed by atoms with E-state index in [1.807, 2.05) is 12.1 Å². The molecule has 4 N–H and O–H groups in total. The third-order valence-corrected chi connectivity index (χ3v) is 3.97. The van der Waals surface area contributed by atoms with Crippen molar-refractivity contribution in [3.8, 4) is 0 Å². The second-order valence-electron chi connectivity index (χ2n) is 5.00. The van der Waals surface area contributed by atoms with Crippen LogP contribution < -0.4 is 16.6 Å². The molecule has 1 aromatic carbocycles. The Labute approximate surface area is 123 Å². The van der Waals surface area contributed by atoms with Crippen LogP contribution >= 0.6 is 15.9 Å². The minimum Gasteiger partial charge on any atom is -0.325 e. The summed E-state index contributed by atoms with van der Waals surface area (Å²) in [6.45, 7) is 2.06. The molecule has 1 aliphatic rings. The highest BCUT2D eigenvalue weighted by Gasteiger charge is 2.13. The molecule has 0 aromatic heterocycles. The molecule has 4 nitrogen and oxygen atoms in total. The van der Waals surface area contributed by atoms with Gasteiger partial charge >= 0.3 is 0 Å². The van der Waals surface area contributed by atoms with E-state index < -0.39 is 0 Å². The summed E-state index contributed by atoms with van der Waals surface area (Å²) in [6, 6.07) is 6.50. The topological polar surface area (TPSA) is 62.4 Å². The first-order valence-corrected chi connectivity index (χ1v) is 7.56. The fourth-order valence-corrected chi connectivity index (χ4v) is 2.72. The molecule has 0 heterocycles. The van der Waals surface area contributed by atoms with Crippen molar-refractivity contribution in [2.24, 2.45) is 10.8 Å². The molecule has 0 atom stereocenters. The largest absolute Gasteiger partial charge is 0.325 e. The van der Waals surface area contributed by atoms with E-state index in [1.165, 1.54) is 19.3 Å². The Morgan fingerprint density at radius 2 is 2.05 bits per heavy atom. The summed E-state index contributed by atoms with van der Waals surface area (Å²) in [6.07, 6.45) is 6.17. The van der Waals surface area contributed by atoms with E-state index in [-0.39, 0.29) is 0 Å². The fourth-order valence-electron chi connectivity index (χ4n) is 2.35. The molecule has 0 amide bonds. The Bertz CT molecular complexity index is 453. The minimum atomic E-state index is 0.389. The fraction of sp³-hybridized carbons (Fsp3) is 0.500. The molecule has 0 radical (unpaired) electrons. The standard InChI is InChI=1S/C14H21BrN4/c1-10-7-8-11(15)9-13(10)18-14(19-16)17-12-5-3-2-4-6-12/h7-9,12H,2-6,16H2,1H3,(H2,17,18,19). The molecule has 19 heavy (non-hydrogen) atoms. The third kappa shape index (κ3) is 4.21. The highest BCUT2D eigenvalue weighted by atomic mass is 79.9. The Morgan fingerprint density at radius 1 is 1.32 bits per heavy atom. The van der Waals surface area contributed by atoms with E-state index in [0.717, 1.165) is 28.6 Å². The van der Waals surface area contributed by atoms with Crippen LogP contribution in [0.1, 0.15) is 37.7 Å². The van der Waals surface area contributed by atoms with Crippen LogP contribution in [0.2, 0.25) is 0 Å². The Balaban J connectivity index is 2.09. The second kappa shape index (κ2) is 6.91. The normalized spacial score (nSPS) is 17.3. The molecule has 104 valence electrons. The molecule has 0 saturated heterocycles. The number of hydrazine groups is 1. The summed E-state index contributed by atoms with van der Waals surface area (Å²) in [4.78, 5) is 4.67. The van der Waals surface area contributed by atoms with Crippen LogP contribution in [0.4, 0.5) is 5.69 Å². The number of hydrogen-bond acceptors (Lipinski definition) is 2. The van der Waals surface area contributed by atoms with E-state index >= 15 is 0 Å². The van der Waals surface area contributed by atoms with Crippen LogP contribution in [0, 0.1) is 6.92 Å². The van der Waals surface area contributed by atoms with Gasteiger partial charge in [0.2, 0.25) is 5.96 Å². The maximum Gasteiger partial charge on any atom is 0.210 e. The lowest BCUT2D eigenvalue weighted by Gasteiger charge is -2.20. The molecule has 1 aliphatic carbocycles. The lowest BCUT2D eigenvalue weighted by molar-refractivity contribution is 0.442. The summed E-state index contributed by atoms with van der Waals surface area (Å²) in [7, 11) is 0. The average molecular weight is 325 g/mol. The lowest BCUT2D eigenvalue weighted by atomic mass is 9.96. The number of aliphatic imine (C=N–C) groups is 1. The first kappa shape index (κ1) is 14.3. The second-order valence-corrected chi connectivity index (χ2v) is 5.91. The number of halogens is 1. The van der Waals surface area contributed by atoms with Gasteiger partial charge in [-0.15, -0.1) is 0 Å². The van der Waals surface area contributed by atoms with Crippen LogP contribution in [0.3, 0.4) is 0 Å². The van der Waals surface area contributed by atoms with Crippen molar-refractivity contribution in [2.45, 2.75) is 45.1 Å². The van der Waals surface area contributed by atoms with Crippen LogP contribution in [0.15, 0.2) is 27.7 Å². The summed E-state index contributed by atoms with van der Waals surface area (Å²) >= 11 is 3.48. The third-order valence-electron chi connectivity index (χ3n) is 3.48. The predicted molar refractivity (Wildman–Crippen MR) is 84.1 cm³/mol. The molecular weight excluding hydrogens is 304 g/mol. The van der Waals surface area contributed by atoms with Crippen molar-refractivity contribution in [1.29, 1.82) is 0 Å². The Kier molecular flexibility index (Phi) is 5.22. The quantitative estimate of drug-likeness (QED) is 0.338. The van der Waals surface area contributed by atoms with Gasteiger partial charge in [-0.25, -0.2) is 10.8 Å². The summed E-state index contributed by atoms with van der Waals surface area (Å²) in [5.41, 5.74) is 4.85. The highest BCUT2D eigenvalue weighted by molar-refractivity contribution is 9.10. The van der Waals surface area contributed by atoms with Gasteiger partial charge < -0.3 is 5.32 Å². The van der Waals surface area contributed by atoms with E-state index in [9.17, 15) is 0 Å². The number of rotatable bonds is 2. The van der Waals surface area contributed by atoms with Gasteiger partial charge in [-0.1, -0.05) is 41.3 Å². The summed E-state index contributed by atoms with van der Waals surface area (Å²) < 4.78 is 1.04.